The highest BCUT2D eigenvalue weighted by molar-refractivity contribution is 7.15. The van der Waals surface area contributed by atoms with Crippen molar-refractivity contribution < 1.29 is 9.53 Å². The van der Waals surface area contributed by atoms with Gasteiger partial charge in [-0.2, -0.15) is 0 Å². The number of amides is 1. The number of carbonyl (C=O) groups is 1. The molecule has 4 rings (SSSR count). The number of nitrogens with zero attached hydrogens (tertiary/aromatic N) is 2. The number of ether oxygens (including phenoxy) is 1. The molecule has 1 aromatic heterocycles. The first kappa shape index (κ1) is 15.7. The van der Waals surface area contributed by atoms with Gasteiger partial charge in [0.25, 0.3) is 0 Å². The summed E-state index contributed by atoms with van der Waals surface area (Å²) in [7, 11) is 0. The quantitative estimate of drug-likeness (QED) is 0.930. The molecular formula is C18H21N3O2S. The minimum atomic E-state index is -0.166. The van der Waals surface area contributed by atoms with Crippen LogP contribution in [0.5, 0.6) is 0 Å². The van der Waals surface area contributed by atoms with Crippen molar-refractivity contribution in [3.8, 4) is 0 Å². The number of aromatic nitrogens is 1. The number of hydrogen-bond donors (Lipinski definition) is 1. The van der Waals surface area contributed by atoms with E-state index in [2.05, 4.69) is 46.4 Å². The van der Waals surface area contributed by atoms with Crippen molar-refractivity contribution in [2.75, 3.05) is 11.9 Å². The molecule has 2 aliphatic rings. The number of anilines is 1. The van der Waals surface area contributed by atoms with Crippen molar-refractivity contribution in [3.63, 3.8) is 0 Å². The monoisotopic (exact) mass is 343 g/mol. The third kappa shape index (κ3) is 2.75. The maximum atomic E-state index is 11.1. The molecule has 2 aromatic rings. The van der Waals surface area contributed by atoms with Gasteiger partial charge in [0, 0.05) is 37.1 Å². The van der Waals surface area contributed by atoms with E-state index in [1.54, 1.807) is 11.3 Å². The fraction of sp³-hybridized carbons (Fsp3) is 0.444. The maximum absolute atomic E-state index is 11.1. The van der Waals surface area contributed by atoms with Gasteiger partial charge in [-0.25, -0.2) is 4.98 Å². The van der Waals surface area contributed by atoms with Gasteiger partial charge in [0.1, 0.15) is 5.60 Å². The Morgan fingerprint density at radius 3 is 3.17 bits per heavy atom. The first-order valence-corrected chi connectivity index (χ1v) is 9.06. The fourth-order valence-electron chi connectivity index (χ4n) is 3.84. The van der Waals surface area contributed by atoms with Crippen LogP contribution < -0.4 is 5.32 Å². The van der Waals surface area contributed by atoms with Crippen LogP contribution in [0.2, 0.25) is 0 Å². The van der Waals surface area contributed by atoms with Gasteiger partial charge in [0.15, 0.2) is 5.13 Å². The number of rotatable bonds is 3. The lowest BCUT2D eigenvalue weighted by atomic mass is 9.90. The zero-order valence-electron chi connectivity index (χ0n) is 13.9. The SMILES string of the molecule is CC(=O)Nc1ncc(CN2CC3(C[C@@H]2C)OCc2ccccc23)s1. The van der Waals surface area contributed by atoms with Crippen molar-refractivity contribution in [2.24, 2.45) is 0 Å². The molecule has 5 nitrogen and oxygen atoms in total. The van der Waals surface area contributed by atoms with Crippen LogP contribution in [-0.4, -0.2) is 28.4 Å². The first-order chi connectivity index (χ1) is 11.6. The van der Waals surface area contributed by atoms with Crippen molar-refractivity contribution in [1.29, 1.82) is 0 Å². The largest absolute Gasteiger partial charge is 0.364 e. The standard InChI is InChI=1S/C18H21N3O2S/c1-12-7-18(16-6-4-3-5-14(16)10-23-18)11-21(12)9-15-8-19-17(24-15)20-13(2)22/h3-6,8,12H,7,9-11H2,1-2H3,(H,19,20,22)/t12-,18?/m0/s1. The van der Waals surface area contributed by atoms with E-state index < -0.39 is 0 Å². The van der Waals surface area contributed by atoms with Crippen LogP contribution in [0.25, 0.3) is 0 Å². The summed E-state index contributed by atoms with van der Waals surface area (Å²) in [5, 5.41) is 3.42. The molecule has 0 bridgehead atoms. The van der Waals surface area contributed by atoms with E-state index in [0.29, 0.717) is 17.8 Å². The summed E-state index contributed by atoms with van der Waals surface area (Å²) < 4.78 is 6.26. The molecule has 2 atom stereocenters. The minimum absolute atomic E-state index is 0.0830. The molecule has 24 heavy (non-hydrogen) atoms. The van der Waals surface area contributed by atoms with Gasteiger partial charge in [0.2, 0.25) is 5.91 Å². The molecule has 1 saturated heterocycles. The van der Waals surface area contributed by atoms with E-state index in [9.17, 15) is 4.79 Å². The zero-order chi connectivity index (χ0) is 16.7. The number of thiazole rings is 1. The summed E-state index contributed by atoms with van der Waals surface area (Å²) >= 11 is 1.54. The molecular weight excluding hydrogens is 322 g/mol. The van der Waals surface area contributed by atoms with E-state index in [1.165, 1.54) is 18.1 Å². The highest BCUT2D eigenvalue weighted by Gasteiger charge is 2.48. The van der Waals surface area contributed by atoms with Gasteiger partial charge in [-0.1, -0.05) is 24.3 Å². The number of carbonyl (C=O) groups excluding carboxylic acids is 1. The van der Waals surface area contributed by atoms with Gasteiger partial charge in [-0.3, -0.25) is 9.69 Å². The summed E-state index contributed by atoms with van der Waals surface area (Å²) in [5.74, 6) is -0.0830. The molecule has 0 radical (unpaired) electrons. The molecule has 1 fully saturated rings. The van der Waals surface area contributed by atoms with E-state index in [1.807, 2.05) is 6.20 Å². The van der Waals surface area contributed by atoms with E-state index in [0.717, 1.165) is 24.4 Å². The summed E-state index contributed by atoms with van der Waals surface area (Å²) in [6.45, 7) is 6.21. The van der Waals surface area contributed by atoms with E-state index in [-0.39, 0.29) is 11.5 Å². The van der Waals surface area contributed by atoms with Crippen LogP contribution in [0.3, 0.4) is 0 Å². The molecule has 1 aromatic carbocycles. The molecule has 3 heterocycles. The number of hydrogen-bond acceptors (Lipinski definition) is 5. The highest BCUT2D eigenvalue weighted by atomic mass is 32.1. The molecule has 1 unspecified atom stereocenters. The minimum Gasteiger partial charge on any atom is -0.364 e. The van der Waals surface area contributed by atoms with Crippen LogP contribution in [-0.2, 0) is 28.3 Å². The Morgan fingerprint density at radius 2 is 2.33 bits per heavy atom. The third-order valence-corrected chi connectivity index (χ3v) is 5.81. The Hall–Kier alpha value is -1.76. The lowest BCUT2D eigenvalue weighted by Gasteiger charge is -2.24. The second kappa shape index (κ2) is 5.95. The smallest absolute Gasteiger partial charge is 0.223 e. The molecule has 1 amide bonds. The van der Waals surface area contributed by atoms with E-state index in [4.69, 9.17) is 4.74 Å². The lowest BCUT2D eigenvalue weighted by molar-refractivity contribution is -0.114. The summed E-state index contributed by atoms with van der Waals surface area (Å²) in [5.41, 5.74) is 2.50. The molecule has 0 saturated carbocycles. The second-order valence-electron chi connectivity index (χ2n) is 6.71. The lowest BCUT2D eigenvalue weighted by Crippen LogP contribution is -2.31. The topological polar surface area (TPSA) is 54.5 Å². The normalized spacial score (nSPS) is 26.0. The van der Waals surface area contributed by atoms with Crippen molar-refractivity contribution >= 4 is 22.4 Å². The Morgan fingerprint density at radius 1 is 1.50 bits per heavy atom. The molecule has 2 aliphatic heterocycles. The van der Waals surface area contributed by atoms with Gasteiger partial charge in [-0.15, -0.1) is 11.3 Å². The number of fused-ring (bicyclic) bond motifs is 2. The Bertz CT molecular complexity index is 775. The summed E-state index contributed by atoms with van der Waals surface area (Å²) in [4.78, 5) is 19.0. The maximum Gasteiger partial charge on any atom is 0.223 e. The first-order valence-electron chi connectivity index (χ1n) is 8.24. The molecule has 1 spiro atoms. The van der Waals surface area contributed by atoms with Crippen molar-refractivity contribution in [1.82, 2.24) is 9.88 Å². The predicted molar refractivity (Wildman–Crippen MR) is 93.8 cm³/mol. The van der Waals surface area contributed by atoms with Crippen molar-refractivity contribution in [3.05, 3.63) is 46.5 Å². The Balaban J connectivity index is 1.50. The average molecular weight is 343 g/mol. The number of nitrogens with one attached hydrogen (secondary N) is 1. The molecule has 1 N–H and O–H groups in total. The van der Waals surface area contributed by atoms with E-state index >= 15 is 0 Å². The third-order valence-electron chi connectivity index (χ3n) is 4.91. The molecule has 6 heteroatoms. The Kier molecular flexibility index (Phi) is 3.90. The highest BCUT2D eigenvalue weighted by Crippen LogP contribution is 2.46. The average Bonchev–Trinajstić information content (AvgIpc) is 3.21. The van der Waals surface area contributed by atoms with Gasteiger partial charge < -0.3 is 10.1 Å². The Labute approximate surface area is 145 Å². The van der Waals surface area contributed by atoms with Crippen LogP contribution in [0.1, 0.15) is 36.3 Å². The molecule has 126 valence electrons. The number of likely N-dealkylation sites (tertiary alicyclic amines) is 1. The van der Waals surface area contributed by atoms with Gasteiger partial charge >= 0.3 is 0 Å². The van der Waals surface area contributed by atoms with Gasteiger partial charge in [0.05, 0.1) is 6.61 Å². The summed E-state index contributed by atoms with van der Waals surface area (Å²) in [6.07, 6.45) is 2.87. The van der Waals surface area contributed by atoms with Crippen LogP contribution in [0, 0.1) is 0 Å². The van der Waals surface area contributed by atoms with Crippen molar-refractivity contribution in [2.45, 2.75) is 45.1 Å². The van der Waals surface area contributed by atoms with Crippen LogP contribution in [0.15, 0.2) is 30.5 Å². The number of benzene rings is 1. The zero-order valence-corrected chi connectivity index (χ0v) is 14.7. The van der Waals surface area contributed by atoms with Crippen LogP contribution >= 0.6 is 11.3 Å². The summed E-state index contributed by atoms with van der Waals surface area (Å²) in [6, 6.07) is 9.01. The predicted octanol–water partition coefficient (Wildman–Crippen LogP) is 3.12. The second-order valence-corrected chi connectivity index (χ2v) is 7.83. The molecule has 0 aliphatic carbocycles. The van der Waals surface area contributed by atoms with Crippen LogP contribution in [0.4, 0.5) is 5.13 Å². The fourth-order valence-corrected chi connectivity index (χ4v) is 4.72. The van der Waals surface area contributed by atoms with Gasteiger partial charge in [-0.05, 0) is 24.5 Å².